The highest BCUT2D eigenvalue weighted by Crippen LogP contribution is 2.24. The standard InChI is InChI=1S/C14H11BrFNO/c1-8-9(4-3-7-12(8)17)14(18)10-5-2-6-11(15)13(10)16/h2-7H,17H2,1H3. The minimum Gasteiger partial charge on any atom is -0.398 e. The maximum Gasteiger partial charge on any atom is 0.196 e. The van der Waals surface area contributed by atoms with E-state index in [-0.39, 0.29) is 15.8 Å². The van der Waals surface area contributed by atoms with E-state index >= 15 is 0 Å². The van der Waals surface area contributed by atoms with Gasteiger partial charge in [0.05, 0.1) is 10.0 Å². The van der Waals surface area contributed by atoms with Gasteiger partial charge >= 0.3 is 0 Å². The van der Waals surface area contributed by atoms with Gasteiger partial charge in [0.2, 0.25) is 0 Å². The largest absolute Gasteiger partial charge is 0.398 e. The Kier molecular flexibility index (Phi) is 3.48. The number of hydrogen-bond donors (Lipinski definition) is 1. The molecule has 4 heteroatoms. The van der Waals surface area contributed by atoms with E-state index in [9.17, 15) is 9.18 Å². The highest BCUT2D eigenvalue weighted by molar-refractivity contribution is 9.10. The molecule has 2 nitrogen and oxygen atoms in total. The van der Waals surface area contributed by atoms with Gasteiger partial charge in [0.25, 0.3) is 0 Å². The first-order chi connectivity index (χ1) is 8.52. The molecular weight excluding hydrogens is 297 g/mol. The summed E-state index contributed by atoms with van der Waals surface area (Å²) in [6.45, 7) is 1.75. The molecule has 0 saturated carbocycles. The molecule has 2 aromatic rings. The van der Waals surface area contributed by atoms with Gasteiger partial charge in [-0.2, -0.15) is 0 Å². The fourth-order valence-corrected chi connectivity index (χ4v) is 2.09. The van der Waals surface area contributed by atoms with Crippen LogP contribution in [0.25, 0.3) is 0 Å². The monoisotopic (exact) mass is 307 g/mol. The normalized spacial score (nSPS) is 10.4. The van der Waals surface area contributed by atoms with E-state index in [1.54, 1.807) is 37.3 Å². The van der Waals surface area contributed by atoms with Crippen LogP contribution in [-0.4, -0.2) is 5.78 Å². The maximum absolute atomic E-state index is 13.9. The van der Waals surface area contributed by atoms with Crippen molar-refractivity contribution in [1.29, 1.82) is 0 Å². The van der Waals surface area contributed by atoms with Gasteiger partial charge in [0.1, 0.15) is 5.82 Å². The summed E-state index contributed by atoms with van der Waals surface area (Å²) in [4.78, 5) is 12.3. The molecule has 0 aliphatic rings. The van der Waals surface area contributed by atoms with Crippen molar-refractivity contribution in [2.45, 2.75) is 6.92 Å². The SMILES string of the molecule is Cc1c(N)cccc1C(=O)c1cccc(Br)c1F. The molecule has 0 aliphatic carbocycles. The molecule has 92 valence electrons. The predicted octanol–water partition coefficient (Wildman–Crippen LogP) is 3.71. The summed E-state index contributed by atoms with van der Waals surface area (Å²) in [5, 5.41) is 0. The van der Waals surface area contributed by atoms with E-state index in [0.29, 0.717) is 16.8 Å². The van der Waals surface area contributed by atoms with Crippen molar-refractivity contribution in [2.75, 3.05) is 5.73 Å². The van der Waals surface area contributed by atoms with Crippen molar-refractivity contribution < 1.29 is 9.18 Å². The van der Waals surface area contributed by atoms with E-state index in [4.69, 9.17) is 5.73 Å². The van der Waals surface area contributed by atoms with Gasteiger partial charge in [-0.1, -0.05) is 18.2 Å². The molecule has 0 saturated heterocycles. The van der Waals surface area contributed by atoms with E-state index in [2.05, 4.69) is 15.9 Å². The zero-order valence-electron chi connectivity index (χ0n) is 9.71. The highest BCUT2D eigenvalue weighted by atomic mass is 79.9. The number of nitrogens with two attached hydrogens (primary N) is 1. The summed E-state index contributed by atoms with van der Waals surface area (Å²) in [5.41, 5.74) is 7.40. The number of ketones is 1. The molecule has 2 N–H and O–H groups in total. The van der Waals surface area contributed by atoms with E-state index in [0.717, 1.165) is 0 Å². The van der Waals surface area contributed by atoms with Crippen molar-refractivity contribution in [1.82, 2.24) is 0 Å². The Balaban J connectivity index is 2.55. The third kappa shape index (κ3) is 2.16. The van der Waals surface area contributed by atoms with Crippen LogP contribution in [0.4, 0.5) is 10.1 Å². The number of rotatable bonds is 2. The van der Waals surface area contributed by atoms with Crippen LogP contribution in [0.3, 0.4) is 0 Å². The Hall–Kier alpha value is -1.68. The van der Waals surface area contributed by atoms with Crippen LogP contribution in [0.2, 0.25) is 0 Å². The lowest BCUT2D eigenvalue weighted by atomic mass is 9.98. The molecule has 0 amide bonds. The Bertz CT molecular complexity index is 572. The van der Waals surface area contributed by atoms with Crippen molar-refractivity contribution in [3.05, 3.63) is 63.4 Å². The molecule has 2 rings (SSSR count). The number of hydrogen-bond acceptors (Lipinski definition) is 2. The lowest BCUT2D eigenvalue weighted by molar-refractivity contribution is 0.103. The Labute approximate surface area is 113 Å². The van der Waals surface area contributed by atoms with Crippen molar-refractivity contribution in [2.24, 2.45) is 0 Å². The van der Waals surface area contributed by atoms with Crippen LogP contribution < -0.4 is 5.73 Å². The second-order valence-corrected chi connectivity index (χ2v) is 4.80. The smallest absolute Gasteiger partial charge is 0.196 e. The van der Waals surface area contributed by atoms with Crippen LogP contribution in [-0.2, 0) is 0 Å². The highest BCUT2D eigenvalue weighted by Gasteiger charge is 2.17. The van der Waals surface area contributed by atoms with Gasteiger partial charge in [-0.3, -0.25) is 4.79 Å². The molecule has 0 spiro atoms. The number of halogens is 2. The van der Waals surface area contributed by atoms with Gasteiger partial charge in [0, 0.05) is 11.3 Å². The number of carbonyl (C=O) groups is 1. The molecule has 0 fully saturated rings. The second-order valence-electron chi connectivity index (χ2n) is 3.95. The molecule has 0 radical (unpaired) electrons. The van der Waals surface area contributed by atoms with Gasteiger partial charge in [0.15, 0.2) is 5.78 Å². The number of anilines is 1. The first-order valence-corrected chi connectivity index (χ1v) is 6.15. The molecule has 0 bridgehead atoms. The second kappa shape index (κ2) is 4.90. The molecule has 18 heavy (non-hydrogen) atoms. The fraction of sp³-hybridized carbons (Fsp3) is 0.0714. The minimum absolute atomic E-state index is 0.0399. The molecular formula is C14H11BrFNO. The number of nitrogen functional groups attached to an aromatic ring is 1. The first kappa shape index (κ1) is 12.8. The van der Waals surface area contributed by atoms with Crippen LogP contribution in [0.15, 0.2) is 40.9 Å². The molecule has 0 unspecified atom stereocenters. The summed E-state index contributed by atoms with van der Waals surface area (Å²) >= 11 is 3.07. The Morgan fingerprint density at radius 3 is 2.50 bits per heavy atom. The van der Waals surface area contributed by atoms with Gasteiger partial charge in [-0.05, 0) is 46.6 Å². The zero-order chi connectivity index (χ0) is 13.3. The van der Waals surface area contributed by atoms with Crippen molar-refractivity contribution in [3.8, 4) is 0 Å². The molecule has 0 aliphatic heterocycles. The average Bonchev–Trinajstić information content (AvgIpc) is 2.35. The number of benzene rings is 2. The summed E-state index contributed by atoms with van der Waals surface area (Å²) < 4.78 is 14.1. The number of carbonyl (C=O) groups excluding carboxylic acids is 1. The van der Waals surface area contributed by atoms with Crippen molar-refractivity contribution in [3.63, 3.8) is 0 Å². The predicted molar refractivity (Wildman–Crippen MR) is 73.1 cm³/mol. The summed E-state index contributed by atoms with van der Waals surface area (Å²) in [5.74, 6) is -0.914. The summed E-state index contributed by atoms with van der Waals surface area (Å²) in [7, 11) is 0. The van der Waals surface area contributed by atoms with Gasteiger partial charge in [-0.15, -0.1) is 0 Å². The Morgan fingerprint density at radius 2 is 1.78 bits per heavy atom. The molecule has 0 aromatic heterocycles. The van der Waals surface area contributed by atoms with E-state index in [1.165, 1.54) is 6.07 Å². The van der Waals surface area contributed by atoms with Crippen molar-refractivity contribution >= 4 is 27.4 Å². The van der Waals surface area contributed by atoms with E-state index < -0.39 is 5.82 Å². The van der Waals surface area contributed by atoms with Crippen LogP contribution in [0.5, 0.6) is 0 Å². The van der Waals surface area contributed by atoms with E-state index in [1.807, 2.05) is 0 Å². The third-order valence-electron chi connectivity index (χ3n) is 2.82. The quantitative estimate of drug-likeness (QED) is 0.679. The molecule has 0 atom stereocenters. The average molecular weight is 308 g/mol. The van der Waals surface area contributed by atoms with Gasteiger partial charge < -0.3 is 5.73 Å². The van der Waals surface area contributed by atoms with Gasteiger partial charge in [-0.25, -0.2) is 4.39 Å². The van der Waals surface area contributed by atoms with Crippen LogP contribution >= 0.6 is 15.9 Å². The minimum atomic E-state index is -0.552. The molecule has 2 aromatic carbocycles. The topological polar surface area (TPSA) is 43.1 Å². The lowest BCUT2D eigenvalue weighted by Crippen LogP contribution is -2.08. The Morgan fingerprint density at radius 1 is 1.17 bits per heavy atom. The summed E-state index contributed by atoms with van der Waals surface area (Å²) in [6, 6.07) is 9.69. The maximum atomic E-state index is 13.9. The third-order valence-corrected chi connectivity index (χ3v) is 3.43. The van der Waals surface area contributed by atoms with Crippen LogP contribution in [0.1, 0.15) is 21.5 Å². The molecule has 0 heterocycles. The lowest BCUT2D eigenvalue weighted by Gasteiger charge is -2.08. The zero-order valence-corrected chi connectivity index (χ0v) is 11.3. The van der Waals surface area contributed by atoms with Crippen LogP contribution in [0, 0.1) is 12.7 Å². The summed E-state index contributed by atoms with van der Waals surface area (Å²) in [6.07, 6.45) is 0. The fourth-order valence-electron chi connectivity index (χ4n) is 1.72. The first-order valence-electron chi connectivity index (χ1n) is 5.36.